The van der Waals surface area contributed by atoms with Crippen LogP contribution in [0.25, 0.3) is 0 Å². The number of sulfonamides is 1. The van der Waals surface area contributed by atoms with Crippen LogP contribution in [-0.2, 0) is 14.8 Å². The summed E-state index contributed by atoms with van der Waals surface area (Å²) in [6.45, 7) is 1.98. The SMILES string of the molecule is CN(c1ccccc1)S(=O)(=O)c1cccc(NC(=O)CCC2CCNC2)c1.Cl. The number of anilines is 2. The number of halogens is 1. The van der Waals surface area contributed by atoms with Gasteiger partial charge in [-0.2, -0.15) is 0 Å². The van der Waals surface area contributed by atoms with Gasteiger partial charge in [-0.25, -0.2) is 8.42 Å². The van der Waals surface area contributed by atoms with E-state index in [1.807, 2.05) is 6.07 Å². The van der Waals surface area contributed by atoms with E-state index < -0.39 is 10.0 Å². The molecule has 2 N–H and O–H groups in total. The lowest BCUT2D eigenvalue weighted by Crippen LogP contribution is -2.26. The average Bonchev–Trinajstić information content (AvgIpc) is 3.20. The number of carbonyl (C=O) groups is 1. The predicted octanol–water partition coefficient (Wildman–Crippen LogP) is 3.26. The van der Waals surface area contributed by atoms with Crippen molar-refractivity contribution >= 4 is 39.7 Å². The lowest BCUT2D eigenvalue weighted by atomic mass is 10.0. The second-order valence-corrected chi connectivity index (χ2v) is 8.75. The van der Waals surface area contributed by atoms with Crippen molar-refractivity contribution in [2.24, 2.45) is 5.92 Å². The molecular weight excluding hydrogens is 398 g/mol. The molecule has 2 aromatic rings. The van der Waals surface area contributed by atoms with E-state index in [9.17, 15) is 13.2 Å². The van der Waals surface area contributed by atoms with Crippen LogP contribution in [0.15, 0.2) is 59.5 Å². The fourth-order valence-corrected chi connectivity index (χ4v) is 4.43. The summed E-state index contributed by atoms with van der Waals surface area (Å²) in [6.07, 6.45) is 2.38. The molecule has 28 heavy (non-hydrogen) atoms. The number of nitrogens with zero attached hydrogens (tertiary/aromatic N) is 1. The second kappa shape index (κ2) is 9.91. The largest absolute Gasteiger partial charge is 0.326 e. The maximum Gasteiger partial charge on any atom is 0.264 e. The zero-order valence-electron chi connectivity index (χ0n) is 15.8. The van der Waals surface area contributed by atoms with Crippen LogP contribution in [0, 0.1) is 5.92 Å². The number of para-hydroxylation sites is 1. The fourth-order valence-electron chi connectivity index (χ4n) is 3.19. The lowest BCUT2D eigenvalue weighted by Gasteiger charge is -2.20. The first-order valence-corrected chi connectivity index (χ1v) is 10.6. The number of rotatable bonds is 7. The van der Waals surface area contributed by atoms with Crippen LogP contribution in [0.4, 0.5) is 11.4 Å². The minimum absolute atomic E-state index is 0. The van der Waals surface area contributed by atoms with Crippen molar-refractivity contribution in [1.82, 2.24) is 5.32 Å². The Labute approximate surface area is 172 Å². The van der Waals surface area contributed by atoms with Gasteiger partial charge >= 0.3 is 0 Å². The smallest absolute Gasteiger partial charge is 0.264 e. The van der Waals surface area contributed by atoms with Gasteiger partial charge in [-0.3, -0.25) is 9.10 Å². The Morgan fingerprint density at radius 2 is 1.93 bits per heavy atom. The fraction of sp³-hybridized carbons (Fsp3) is 0.350. The highest BCUT2D eigenvalue weighted by Gasteiger charge is 2.22. The third-order valence-corrected chi connectivity index (χ3v) is 6.62. The Kier molecular flexibility index (Phi) is 7.86. The zero-order chi connectivity index (χ0) is 19.3. The number of carbonyl (C=O) groups excluding carboxylic acids is 1. The number of hydrogen-bond acceptors (Lipinski definition) is 4. The van der Waals surface area contributed by atoms with Crippen molar-refractivity contribution in [3.63, 3.8) is 0 Å². The number of benzene rings is 2. The van der Waals surface area contributed by atoms with E-state index in [2.05, 4.69) is 10.6 Å². The summed E-state index contributed by atoms with van der Waals surface area (Å²) >= 11 is 0. The molecule has 0 spiro atoms. The van der Waals surface area contributed by atoms with Gasteiger partial charge in [0.1, 0.15) is 0 Å². The molecule has 1 atom stereocenters. The van der Waals surface area contributed by atoms with Crippen LogP contribution < -0.4 is 14.9 Å². The molecule has 6 nitrogen and oxygen atoms in total. The van der Waals surface area contributed by atoms with E-state index in [-0.39, 0.29) is 23.2 Å². The topological polar surface area (TPSA) is 78.5 Å². The summed E-state index contributed by atoms with van der Waals surface area (Å²) in [5.41, 5.74) is 1.07. The minimum atomic E-state index is -3.70. The molecule has 2 aromatic carbocycles. The normalized spacial score (nSPS) is 16.2. The van der Waals surface area contributed by atoms with Gasteiger partial charge in [0, 0.05) is 19.2 Å². The Morgan fingerprint density at radius 1 is 1.18 bits per heavy atom. The molecule has 3 rings (SSSR count). The molecule has 152 valence electrons. The molecule has 0 aliphatic carbocycles. The van der Waals surface area contributed by atoms with Gasteiger partial charge in [0.05, 0.1) is 10.6 Å². The van der Waals surface area contributed by atoms with E-state index in [0.29, 0.717) is 23.7 Å². The molecule has 1 heterocycles. The third kappa shape index (κ3) is 5.47. The summed E-state index contributed by atoms with van der Waals surface area (Å²) < 4.78 is 27.0. The lowest BCUT2D eigenvalue weighted by molar-refractivity contribution is -0.116. The van der Waals surface area contributed by atoms with Gasteiger partial charge in [-0.05, 0) is 62.2 Å². The van der Waals surface area contributed by atoms with Gasteiger partial charge in [0.2, 0.25) is 5.91 Å². The molecule has 0 bridgehead atoms. The quantitative estimate of drug-likeness (QED) is 0.716. The Balaban J connectivity index is 0.00000280. The monoisotopic (exact) mass is 423 g/mol. The highest BCUT2D eigenvalue weighted by molar-refractivity contribution is 7.92. The van der Waals surface area contributed by atoms with Crippen LogP contribution in [0.3, 0.4) is 0 Å². The maximum atomic E-state index is 12.9. The van der Waals surface area contributed by atoms with Gasteiger partial charge in [-0.15, -0.1) is 12.4 Å². The molecule has 1 aliphatic heterocycles. The number of hydrogen-bond donors (Lipinski definition) is 2. The summed E-state index contributed by atoms with van der Waals surface area (Å²) in [5.74, 6) is 0.454. The number of amides is 1. The first-order valence-electron chi connectivity index (χ1n) is 9.11. The average molecular weight is 424 g/mol. The highest BCUT2D eigenvalue weighted by Crippen LogP contribution is 2.24. The summed E-state index contributed by atoms with van der Waals surface area (Å²) in [7, 11) is -2.18. The number of nitrogens with one attached hydrogen (secondary N) is 2. The standard InChI is InChI=1S/C20H25N3O3S.ClH/c1-23(18-7-3-2-4-8-18)27(25,26)19-9-5-6-17(14-19)22-20(24)11-10-16-12-13-21-15-16;/h2-9,14,16,21H,10-13,15H2,1H3,(H,22,24);1H. The van der Waals surface area contributed by atoms with E-state index >= 15 is 0 Å². The molecule has 0 radical (unpaired) electrons. The van der Waals surface area contributed by atoms with Crippen molar-refractivity contribution < 1.29 is 13.2 Å². The first-order chi connectivity index (χ1) is 13.0. The molecule has 0 aromatic heterocycles. The van der Waals surface area contributed by atoms with Crippen molar-refractivity contribution in [2.45, 2.75) is 24.2 Å². The zero-order valence-corrected chi connectivity index (χ0v) is 17.4. The van der Waals surface area contributed by atoms with Crippen LogP contribution in [0.2, 0.25) is 0 Å². The molecule has 1 aliphatic rings. The maximum absolute atomic E-state index is 12.9. The van der Waals surface area contributed by atoms with Crippen molar-refractivity contribution in [3.8, 4) is 0 Å². The van der Waals surface area contributed by atoms with Crippen molar-refractivity contribution in [1.29, 1.82) is 0 Å². The van der Waals surface area contributed by atoms with E-state index in [1.54, 1.807) is 36.4 Å². The Bertz CT molecular complexity index is 885. The highest BCUT2D eigenvalue weighted by atomic mass is 35.5. The minimum Gasteiger partial charge on any atom is -0.326 e. The Morgan fingerprint density at radius 3 is 2.61 bits per heavy atom. The molecule has 1 unspecified atom stereocenters. The van der Waals surface area contributed by atoms with E-state index in [1.165, 1.54) is 23.5 Å². The summed E-state index contributed by atoms with van der Waals surface area (Å²) in [4.78, 5) is 12.3. The van der Waals surface area contributed by atoms with Crippen LogP contribution >= 0.6 is 12.4 Å². The second-order valence-electron chi connectivity index (χ2n) is 6.78. The summed E-state index contributed by atoms with van der Waals surface area (Å²) in [6, 6.07) is 15.3. The predicted molar refractivity (Wildman–Crippen MR) is 115 cm³/mol. The first kappa shape index (κ1) is 22.2. The molecule has 1 saturated heterocycles. The Hall–Kier alpha value is -2.09. The summed E-state index contributed by atoms with van der Waals surface area (Å²) in [5, 5.41) is 6.11. The van der Waals surface area contributed by atoms with Crippen LogP contribution in [0.1, 0.15) is 19.3 Å². The third-order valence-electron chi connectivity index (χ3n) is 4.84. The van der Waals surface area contributed by atoms with Crippen LogP contribution in [0.5, 0.6) is 0 Å². The van der Waals surface area contributed by atoms with Gasteiger partial charge in [0.25, 0.3) is 10.0 Å². The van der Waals surface area contributed by atoms with Gasteiger partial charge in [-0.1, -0.05) is 24.3 Å². The van der Waals surface area contributed by atoms with Crippen molar-refractivity contribution in [3.05, 3.63) is 54.6 Å². The molecule has 0 saturated carbocycles. The van der Waals surface area contributed by atoms with E-state index in [0.717, 1.165) is 25.9 Å². The van der Waals surface area contributed by atoms with Crippen molar-refractivity contribution in [2.75, 3.05) is 29.8 Å². The van der Waals surface area contributed by atoms with Crippen LogP contribution in [-0.4, -0.2) is 34.5 Å². The van der Waals surface area contributed by atoms with Gasteiger partial charge in [0.15, 0.2) is 0 Å². The molecule has 8 heteroatoms. The molecule has 1 fully saturated rings. The molecular formula is C20H26ClN3O3S. The molecule has 1 amide bonds. The van der Waals surface area contributed by atoms with E-state index in [4.69, 9.17) is 0 Å². The van der Waals surface area contributed by atoms with Gasteiger partial charge < -0.3 is 10.6 Å².